The van der Waals surface area contributed by atoms with Crippen LogP contribution in [-0.4, -0.2) is 15.9 Å². The quantitative estimate of drug-likeness (QED) is 0.349. The molecule has 7 nitrogen and oxygen atoms in total. The van der Waals surface area contributed by atoms with Crippen LogP contribution in [0.25, 0.3) is 0 Å². The van der Waals surface area contributed by atoms with Gasteiger partial charge in [0.25, 0.3) is 5.91 Å². The number of amides is 1. The van der Waals surface area contributed by atoms with Crippen molar-refractivity contribution in [3.8, 4) is 0 Å². The van der Waals surface area contributed by atoms with Gasteiger partial charge in [0.1, 0.15) is 12.0 Å². The van der Waals surface area contributed by atoms with Gasteiger partial charge in [-0.25, -0.2) is 9.97 Å². The van der Waals surface area contributed by atoms with Crippen molar-refractivity contribution in [1.82, 2.24) is 15.4 Å². The molecule has 1 heterocycles. The van der Waals surface area contributed by atoms with Crippen LogP contribution in [0.15, 0.2) is 42.7 Å². The summed E-state index contributed by atoms with van der Waals surface area (Å²) in [5.74, 6) is -0.589. The second-order valence-electron chi connectivity index (χ2n) is 6.01. The molecule has 0 fully saturated rings. The Morgan fingerprint density at radius 2 is 1.68 bits per heavy atom. The highest BCUT2D eigenvalue weighted by Gasteiger charge is 2.33. The fraction of sp³-hybridized carbons (Fsp3) is 0.0556. The molecule has 2 aromatic carbocycles. The van der Waals surface area contributed by atoms with E-state index in [4.69, 9.17) is 40.5 Å². The van der Waals surface area contributed by atoms with Gasteiger partial charge in [0.2, 0.25) is 0 Å². The van der Waals surface area contributed by atoms with Crippen molar-refractivity contribution in [3.05, 3.63) is 68.9 Å². The molecule has 1 aromatic heterocycles. The number of halogens is 6. The van der Waals surface area contributed by atoms with Crippen molar-refractivity contribution in [1.29, 1.82) is 0 Å². The van der Waals surface area contributed by atoms with Crippen LogP contribution in [0.2, 0.25) is 15.1 Å². The summed E-state index contributed by atoms with van der Waals surface area (Å²) in [6, 6.07) is 7.57. The normalized spacial score (nSPS) is 11.2. The lowest BCUT2D eigenvalue weighted by Gasteiger charge is -2.15. The van der Waals surface area contributed by atoms with Crippen LogP contribution in [0.4, 0.5) is 36.2 Å². The molecule has 1 amide bonds. The number of carbonyl (C=O) groups is 1. The second kappa shape index (κ2) is 9.04. The van der Waals surface area contributed by atoms with Crippen LogP contribution in [-0.2, 0) is 6.18 Å². The minimum Gasteiger partial charge on any atom is -0.393 e. The Labute approximate surface area is 188 Å². The van der Waals surface area contributed by atoms with Gasteiger partial charge in [0, 0.05) is 10.7 Å². The number of nitrogens with one attached hydrogen (secondary N) is 3. The van der Waals surface area contributed by atoms with Crippen LogP contribution in [0.3, 0.4) is 0 Å². The van der Waals surface area contributed by atoms with Gasteiger partial charge >= 0.3 is 6.18 Å². The summed E-state index contributed by atoms with van der Waals surface area (Å²) in [6.07, 6.45) is -3.53. The van der Waals surface area contributed by atoms with Gasteiger partial charge in [-0.1, -0.05) is 34.8 Å². The number of hydrogen-bond donors (Lipinski definition) is 4. The molecular weight excluding hydrogens is 480 g/mol. The number of aromatic nitrogens is 2. The van der Waals surface area contributed by atoms with E-state index < -0.39 is 22.7 Å². The maximum absolute atomic E-state index is 13.0. The van der Waals surface area contributed by atoms with Gasteiger partial charge in [-0.2, -0.15) is 13.2 Å². The number of anilines is 4. The molecule has 13 heteroatoms. The average Bonchev–Trinajstić information content (AvgIpc) is 2.69. The van der Waals surface area contributed by atoms with E-state index in [1.165, 1.54) is 24.3 Å². The van der Waals surface area contributed by atoms with E-state index in [1.54, 1.807) is 0 Å². The number of alkyl halides is 3. The van der Waals surface area contributed by atoms with Crippen molar-refractivity contribution in [2.24, 2.45) is 0 Å². The third-order valence-corrected chi connectivity index (χ3v) is 4.77. The second-order valence-corrected chi connectivity index (χ2v) is 7.26. The Bertz CT molecular complexity index is 1140. The molecule has 0 radical (unpaired) electrons. The summed E-state index contributed by atoms with van der Waals surface area (Å²) in [5.41, 5.74) is 9.96. The minimum atomic E-state index is -4.63. The van der Waals surface area contributed by atoms with E-state index in [0.717, 1.165) is 18.5 Å². The standard InChI is InChI=1S/C18H12Cl3F3N6O/c19-8-1-3-10(13(21)5-8)17(31)30-29-16-14(25)15(26-7-27-16)28-9-2-4-12(20)11(6-9)18(22,23)24/h1-7H,25H2,(H,30,31)(H2,26,27,28,29). The van der Waals surface area contributed by atoms with E-state index in [-0.39, 0.29) is 33.6 Å². The minimum absolute atomic E-state index is 0.000874. The smallest absolute Gasteiger partial charge is 0.393 e. The van der Waals surface area contributed by atoms with Crippen LogP contribution >= 0.6 is 34.8 Å². The molecule has 0 bridgehead atoms. The summed E-state index contributed by atoms with van der Waals surface area (Å²) in [6.45, 7) is 0. The van der Waals surface area contributed by atoms with Gasteiger partial charge < -0.3 is 11.1 Å². The Balaban J connectivity index is 1.77. The highest BCUT2D eigenvalue weighted by molar-refractivity contribution is 6.36. The van der Waals surface area contributed by atoms with Gasteiger partial charge in [-0.05, 0) is 36.4 Å². The number of nitrogen functional groups attached to an aromatic ring is 1. The molecule has 0 aliphatic heterocycles. The van der Waals surface area contributed by atoms with Crippen LogP contribution in [0.5, 0.6) is 0 Å². The Morgan fingerprint density at radius 3 is 2.35 bits per heavy atom. The molecule has 0 unspecified atom stereocenters. The molecule has 3 rings (SSSR count). The van der Waals surface area contributed by atoms with Crippen molar-refractivity contribution < 1.29 is 18.0 Å². The van der Waals surface area contributed by atoms with Crippen molar-refractivity contribution in [2.45, 2.75) is 6.18 Å². The molecule has 0 aliphatic carbocycles. The number of hydrogen-bond acceptors (Lipinski definition) is 6. The molecule has 162 valence electrons. The van der Waals surface area contributed by atoms with Crippen LogP contribution in [0, 0.1) is 0 Å². The number of rotatable bonds is 5. The van der Waals surface area contributed by atoms with Gasteiger partial charge in [0.15, 0.2) is 11.6 Å². The lowest BCUT2D eigenvalue weighted by molar-refractivity contribution is -0.137. The number of benzene rings is 2. The first-order valence-corrected chi connectivity index (χ1v) is 9.45. The zero-order valence-corrected chi connectivity index (χ0v) is 17.5. The first-order valence-electron chi connectivity index (χ1n) is 8.32. The highest BCUT2D eigenvalue weighted by atomic mass is 35.5. The average molecular weight is 492 g/mol. The van der Waals surface area contributed by atoms with Crippen molar-refractivity contribution >= 4 is 63.7 Å². The summed E-state index contributed by atoms with van der Waals surface area (Å²) >= 11 is 17.4. The monoisotopic (exact) mass is 490 g/mol. The third kappa shape index (κ3) is 5.40. The molecule has 0 saturated carbocycles. The van der Waals surface area contributed by atoms with Gasteiger partial charge in [-0.3, -0.25) is 15.6 Å². The van der Waals surface area contributed by atoms with E-state index >= 15 is 0 Å². The Morgan fingerprint density at radius 1 is 0.968 bits per heavy atom. The molecule has 31 heavy (non-hydrogen) atoms. The first-order chi connectivity index (χ1) is 14.6. The maximum Gasteiger partial charge on any atom is 0.417 e. The van der Waals surface area contributed by atoms with E-state index in [9.17, 15) is 18.0 Å². The molecule has 0 aliphatic rings. The molecule has 5 N–H and O–H groups in total. The number of nitrogens with zero attached hydrogens (tertiary/aromatic N) is 2. The molecule has 3 aromatic rings. The van der Waals surface area contributed by atoms with E-state index in [2.05, 4.69) is 26.1 Å². The number of carbonyl (C=O) groups excluding carboxylic acids is 1. The molecule has 0 saturated heterocycles. The summed E-state index contributed by atoms with van der Waals surface area (Å²) < 4.78 is 39.1. The van der Waals surface area contributed by atoms with E-state index in [1.807, 2.05) is 0 Å². The van der Waals surface area contributed by atoms with Crippen LogP contribution in [0.1, 0.15) is 15.9 Å². The first kappa shape index (κ1) is 22.7. The van der Waals surface area contributed by atoms with Gasteiger partial charge in [-0.15, -0.1) is 0 Å². The van der Waals surface area contributed by atoms with Gasteiger partial charge in [0.05, 0.1) is 21.2 Å². The molecule has 0 atom stereocenters. The highest BCUT2D eigenvalue weighted by Crippen LogP contribution is 2.37. The molecular formula is C18H12Cl3F3N6O. The third-order valence-electron chi connectivity index (χ3n) is 3.89. The fourth-order valence-electron chi connectivity index (χ4n) is 2.41. The summed E-state index contributed by atoms with van der Waals surface area (Å²) in [7, 11) is 0. The lowest BCUT2D eigenvalue weighted by Crippen LogP contribution is -2.30. The fourth-order valence-corrected chi connectivity index (χ4v) is 3.13. The zero-order chi connectivity index (χ0) is 22.8. The number of hydrazine groups is 1. The topological polar surface area (TPSA) is 105 Å². The van der Waals surface area contributed by atoms with E-state index in [0.29, 0.717) is 5.02 Å². The maximum atomic E-state index is 13.0. The summed E-state index contributed by atoms with van der Waals surface area (Å²) in [4.78, 5) is 20.1. The predicted octanol–water partition coefficient (Wildman–Crippen LogP) is 5.54. The van der Waals surface area contributed by atoms with Crippen molar-refractivity contribution in [3.63, 3.8) is 0 Å². The SMILES string of the molecule is Nc1c(NNC(=O)c2ccc(Cl)cc2Cl)ncnc1Nc1ccc(Cl)c(C(F)(F)F)c1. The molecule has 0 spiro atoms. The largest absolute Gasteiger partial charge is 0.417 e. The Hall–Kier alpha value is -2.95. The zero-order valence-electron chi connectivity index (χ0n) is 15.2. The summed E-state index contributed by atoms with van der Waals surface area (Å²) in [5, 5.41) is 2.71. The van der Waals surface area contributed by atoms with Crippen molar-refractivity contribution in [2.75, 3.05) is 16.5 Å². The lowest BCUT2D eigenvalue weighted by atomic mass is 10.2. The predicted molar refractivity (Wildman–Crippen MR) is 114 cm³/mol. The Kier molecular flexibility index (Phi) is 6.63. The van der Waals surface area contributed by atoms with Crippen LogP contribution < -0.4 is 21.9 Å². The number of nitrogens with two attached hydrogens (primary N) is 1.